The Bertz CT molecular complexity index is 537. The van der Waals surface area contributed by atoms with Crippen LogP contribution >= 0.6 is 38.9 Å². The van der Waals surface area contributed by atoms with Crippen LogP contribution in [0.1, 0.15) is 5.69 Å². The Morgan fingerprint density at radius 2 is 2.33 bits per heavy atom. The van der Waals surface area contributed by atoms with Crippen LogP contribution in [0.3, 0.4) is 0 Å². The third-order valence-electron chi connectivity index (χ3n) is 1.74. The largest absolute Gasteiger partial charge is 0.306 e. The number of aromatic nitrogens is 2. The lowest BCUT2D eigenvalue weighted by Crippen LogP contribution is -2.09. The quantitative estimate of drug-likeness (QED) is 0.867. The Morgan fingerprint density at radius 3 is 2.93 bits per heavy atom. The topological polar surface area (TPSA) is 45.8 Å². The first-order valence-electron chi connectivity index (χ1n) is 4.11. The van der Waals surface area contributed by atoms with Gasteiger partial charge in [-0.15, -0.1) is 22.9 Å². The van der Waals surface area contributed by atoms with Gasteiger partial charge in [-0.3, -0.25) is 4.79 Å². The van der Waals surface area contributed by atoms with E-state index in [1.54, 1.807) is 0 Å². The SMILES string of the molecule is O=c1cc(CCl)nc(-c2ccc(Br)s2)[nH]1. The molecular weight excluding hydrogens is 300 g/mol. The van der Waals surface area contributed by atoms with Crippen molar-refractivity contribution in [1.29, 1.82) is 0 Å². The number of thiophene rings is 1. The predicted molar refractivity (Wildman–Crippen MR) is 65.4 cm³/mol. The first kappa shape index (κ1) is 10.9. The van der Waals surface area contributed by atoms with Crippen LogP contribution < -0.4 is 5.56 Å². The molecule has 0 radical (unpaired) electrons. The minimum atomic E-state index is -0.180. The minimum Gasteiger partial charge on any atom is -0.306 e. The smallest absolute Gasteiger partial charge is 0.251 e. The molecule has 0 aliphatic carbocycles. The van der Waals surface area contributed by atoms with E-state index in [9.17, 15) is 4.79 Å². The number of nitrogens with zero attached hydrogens (tertiary/aromatic N) is 1. The molecule has 2 rings (SSSR count). The summed E-state index contributed by atoms with van der Waals surface area (Å²) in [6.07, 6.45) is 0. The highest BCUT2D eigenvalue weighted by atomic mass is 79.9. The van der Waals surface area contributed by atoms with Gasteiger partial charge in [0.15, 0.2) is 5.82 Å². The summed E-state index contributed by atoms with van der Waals surface area (Å²) in [7, 11) is 0. The van der Waals surface area contributed by atoms with E-state index in [2.05, 4.69) is 25.9 Å². The van der Waals surface area contributed by atoms with Crippen LogP contribution in [-0.4, -0.2) is 9.97 Å². The van der Waals surface area contributed by atoms with Gasteiger partial charge in [0, 0.05) is 6.07 Å². The standard InChI is InChI=1S/C9H6BrClN2OS/c10-7-2-1-6(15-7)9-12-5(4-11)3-8(14)13-9/h1-3H,4H2,(H,12,13,14). The van der Waals surface area contributed by atoms with Crippen molar-refractivity contribution in [2.45, 2.75) is 5.88 Å². The van der Waals surface area contributed by atoms with Crippen molar-refractivity contribution in [3.63, 3.8) is 0 Å². The van der Waals surface area contributed by atoms with Crippen LogP contribution in [0.5, 0.6) is 0 Å². The number of alkyl halides is 1. The Labute approximate surface area is 103 Å². The van der Waals surface area contributed by atoms with Crippen molar-refractivity contribution in [3.05, 3.63) is 38.0 Å². The maximum Gasteiger partial charge on any atom is 0.251 e. The Balaban J connectivity index is 2.53. The summed E-state index contributed by atoms with van der Waals surface area (Å²) in [6.45, 7) is 0. The molecular formula is C9H6BrClN2OS. The van der Waals surface area contributed by atoms with Gasteiger partial charge in [0.25, 0.3) is 5.56 Å². The second-order valence-corrected chi connectivity index (χ2v) is 5.55. The monoisotopic (exact) mass is 304 g/mol. The molecule has 0 aliphatic rings. The molecule has 2 heterocycles. The highest BCUT2D eigenvalue weighted by molar-refractivity contribution is 9.11. The molecule has 0 saturated heterocycles. The third-order valence-corrected chi connectivity index (χ3v) is 3.64. The molecule has 15 heavy (non-hydrogen) atoms. The zero-order valence-corrected chi connectivity index (χ0v) is 10.6. The van der Waals surface area contributed by atoms with Crippen molar-refractivity contribution in [3.8, 4) is 10.7 Å². The zero-order chi connectivity index (χ0) is 10.8. The maximum absolute atomic E-state index is 11.3. The molecule has 0 amide bonds. The normalized spacial score (nSPS) is 10.5. The van der Waals surface area contributed by atoms with E-state index in [0.29, 0.717) is 11.5 Å². The Kier molecular flexibility index (Phi) is 3.23. The van der Waals surface area contributed by atoms with Crippen LogP contribution in [0.15, 0.2) is 26.8 Å². The summed E-state index contributed by atoms with van der Waals surface area (Å²) in [4.78, 5) is 19.1. The van der Waals surface area contributed by atoms with Crippen LogP contribution in [-0.2, 0) is 5.88 Å². The average molecular weight is 306 g/mol. The highest BCUT2D eigenvalue weighted by Gasteiger charge is 2.05. The van der Waals surface area contributed by atoms with E-state index in [0.717, 1.165) is 8.66 Å². The predicted octanol–water partition coefficient (Wildman–Crippen LogP) is 3.00. The number of rotatable bonds is 2. The lowest BCUT2D eigenvalue weighted by Gasteiger charge is -1.98. The van der Waals surface area contributed by atoms with Gasteiger partial charge >= 0.3 is 0 Å². The molecule has 0 bridgehead atoms. The lowest BCUT2D eigenvalue weighted by molar-refractivity contribution is 1.06. The summed E-state index contributed by atoms with van der Waals surface area (Å²) in [5.74, 6) is 0.803. The molecule has 0 fully saturated rings. The van der Waals surface area contributed by atoms with Gasteiger partial charge < -0.3 is 4.98 Å². The lowest BCUT2D eigenvalue weighted by atomic mass is 10.4. The number of hydrogen-bond acceptors (Lipinski definition) is 3. The maximum atomic E-state index is 11.3. The van der Waals surface area contributed by atoms with Crippen LogP contribution in [0, 0.1) is 0 Å². The highest BCUT2D eigenvalue weighted by Crippen LogP contribution is 2.28. The van der Waals surface area contributed by atoms with Gasteiger partial charge in [-0.1, -0.05) is 0 Å². The summed E-state index contributed by atoms with van der Waals surface area (Å²) in [6, 6.07) is 5.21. The first-order chi connectivity index (χ1) is 7.19. The molecule has 78 valence electrons. The summed E-state index contributed by atoms with van der Waals surface area (Å²) in [5, 5.41) is 0. The molecule has 0 unspecified atom stereocenters. The van der Waals surface area contributed by atoms with Gasteiger partial charge in [0.05, 0.1) is 20.2 Å². The van der Waals surface area contributed by atoms with E-state index in [4.69, 9.17) is 11.6 Å². The number of halogens is 2. The molecule has 0 aromatic carbocycles. The van der Waals surface area contributed by atoms with Crippen molar-refractivity contribution in [2.24, 2.45) is 0 Å². The van der Waals surface area contributed by atoms with E-state index >= 15 is 0 Å². The minimum absolute atomic E-state index is 0.180. The van der Waals surface area contributed by atoms with Gasteiger partial charge in [-0.25, -0.2) is 4.98 Å². The zero-order valence-electron chi connectivity index (χ0n) is 7.46. The fraction of sp³-hybridized carbons (Fsp3) is 0.111. The number of H-pyrrole nitrogens is 1. The van der Waals surface area contributed by atoms with Gasteiger partial charge in [0.1, 0.15) is 0 Å². The molecule has 2 aromatic rings. The molecule has 1 N–H and O–H groups in total. The van der Waals surface area contributed by atoms with Gasteiger partial charge in [-0.2, -0.15) is 0 Å². The fourth-order valence-electron chi connectivity index (χ4n) is 1.13. The number of aromatic amines is 1. The summed E-state index contributed by atoms with van der Waals surface area (Å²) >= 11 is 10.5. The van der Waals surface area contributed by atoms with Crippen molar-refractivity contribution in [2.75, 3.05) is 0 Å². The van der Waals surface area contributed by atoms with Crippen LogP contribution in [0.2, 0.25) is 0 Å². The molecule has 2 aromatic heterocycles. The molecule has 0 atom stereocenters. The van der Waals surface area contributed by atoms with Gasteiger partial charge in [-0.05, 0) is 28.1 Å². The summed E-state index contributed by atoms with van der Waals surface area (Å²) in [5.41, 5.74) is 0.403. The molecule has 6 heteroatoms. The second kappa shape index (κ2) is 4.47. The Hall–Kier alpha value is -0.650. The first-order valence-corrected chi connectivity index (χ1v) is 6.25. The molecule has 0 aliphatic heterocycles. The Morgan fingerprint density at radius 1 is 1.53 bits per heavy atom. The number of hydrogen-bond donors (Lipinski definition) is 1. The summed E-state index contributed by atoms with van der Waals surface area (Å²) < 4.78 is 0.997. The van der Waals surface area contributed by atoms with Crippen LogP contribution in [0.4, 0.5) is 0 Å². The van der Waals surface area contributed by atoms with Crippen molar-refractivity contribution in [1.82, 2.24) is 9.97 Å². The van der Waals surface area contributed by atoms with E-state index in [1.807, 2.05) is 12.1 Å². The molecule has 0 spiro atoms. The third kappa shape index (κ3) is 2.48. The van der Waals surface area contributed by atoms with Crippen molar-refractivity contribution >= 4 is 38.9 Å². The van der Waals surface area contributed by atoms with E-state index in [1.165, 1.54) is 17.4 Å². The molecule has 3 nitrogen and oxygen atoms in total. The van der Waals surface area contributed by atoms with E-state index in [-0.39, 0.29) is 11.4 Å². The second-order valence-electron chi connectivity index (χ2n) is 2.82. The van der Waals surface area contributed by atoms with Gasteiger partial charge in [0.2, 0.25) is 0 Å². The number of nitrogens with one attached hydrogen (secondary N) is 1. The molecule has 0 saturated carbocycles. The van der Waals surface area contributed by atoms with E-state index < -0.39 is 0 Å². The van der Waals surface area contributed by atoms with Crippen LogP contribution in [0.25, 0.3) is 10.7 Å². The fourth-order valence-corrected chi connectivity index (χ4v) is 2.60. The van der Waals surface area contributed by atoms with Crippen molar-refractivity contribution < 1.29 is 0 Å². The average Bonchev–Trinajstić information content (AvgIpc) is 2.64.